The molecule has 4 heterocycles. The largest absolute Gasteiger partial charge is 0.379 e. The van der Waals surface area contributed by atoms with Crippen LogP contribution in [0.1, 0.15) is 25.0 Å². The number of anilines is 1. The first kappa shape index (κ1) is 20.1. The summed E-state index contributed by atoms with van der Waals surface area (Å²) in [4.78, 5) is 21.7. The highest BCUT2D eigenvalue weighted by Crippen LogP contribution is 2.38. The van der Waals surface area contributed by atoms with Crippen LogP contribution in [0.15, 0.2) is 24.5 Å². The molecule has 1 aliphatic heterocycles. The molecular formula is C19H21IN7OP. The second kappa shape index (κ2) is 8.67. The summed E-state index contributed by atoms with van der Waals surface area (Å²) in [5.41, 5.74) is 4.83. The minimum atomic E-state index is -0.0967. The van der Waals surface area contributed by atoms with E-state index in [0.717, 1.165) is 46.5 Å². The number of H-pyrrole nitrogens is 1. The van der Waals surface area contributed by atoms with Crippen LogP contribution in [0.3, 0.4) is 0 Å². The van der Waals surface area contributed by atoms with Crippen molar-refractivity contribution in [2.24, 2.45) is 0 Å². The number of aromatic nitrogens is 4. The van der Waals surface area contributed by atoms with Gasteiger partial charge in [0.2, 0.25) is 5.91 Å². The standard InChI is InChI=1S/C19H21IN7OP/c1-12-9-16(27(25-12)29-20)15-10-23-19-14(5-7-22-19)18(15)24-13-3-2-8-26(11-13)17(28)4-6-21/h5,7,9-10,13,29H,2-4,8,11H2,1H3,(H2,22,23,24)/t13-/m1/s1. The van der Waals surface area contributed by atoms with Gasteiger partial charge in [-0.1, -0.05) is 0 Å². The number of pyridine rings is 1. The summed E-state index contributed by atoms with van der Waals surface area (Å²) in [5, 5.41) is 18.1. The van der Waals surface area contributed by atoms with Gasteiger partial charge in [0.25, 0.3) is 0 Å². The molecule has 2 atom stereocenters. The van der Waals surface area contributed by atoms with Crippen molar-refractivity contribution in [2.45, 2.75) is 32.2 Å². The first-order valence-electron chi connectivity index (χ1n) is 9.41. The normalized spacial score (nSPS) is 17.1. The Kier molecular flexibility index (Phi) is 6.01. The molecule has 1 unspecified atom stereocenters. The summed E-state index contributed by atoms with van der Waals surface area (Å²) >= 11 is 2.33. The lowest BCUT2D eigenvalue weighted by atomic mass is 10.0. The molecule has 1 saturated heterocycles. The van der Waals surface area contributed by atoms with Crippen LogP contribution in [0.4, 0.5) is 5.69 Å². The number of rotatable bonds is 5. The Morgan fingerprint density at radius 3 is 3.21 bits per heavy atom. The summed E-state index contributed by atoms with van der Waals surface area (Å²) in [6.45, 7) is 3.30. The number of aromatic amines is 1. The molecule has 0 spiro atoms. The fourth-order valence-electron chi connectivity index (χ4n) is 3.82. The van der Waals surface area contributed by atoms with Gasteiger partial charge in [-0.25, -0.2) is 9.44 Å². The van der Waals surface area contributed by atoms with E-state index in [2.05, 4.69) is 48.5 Å². The third-order valence-electron chi connectivity index (χ3n) is 5.13. The lowest BCUT2D eigenvalue weighted by Gasteiger charge is -2.34. The van der Waals surface area contributed by atoms with E-state index in [1.807, 2.05) is 35.9 Å². The van der Waals surface area contributed by atoms with Crippen molar-refractivity contribution in [1.82, 2.24) is 24.4 Å². The number of nitrogens with zero attached hydrogens (tertiary/aromatic N) is 5. The third kappa shape index (κ3) is 4.09. The van der Waals surface area contributed by atoms with Gasteiger partial charge in [0.05, 0.1) is 29.5 Å². The van der Waals surface area contributed by atoms with E-state index < -0.39 is 0 Å². The van der Waals surface area contributed by atoms with E-state index in [-0.39, 0.29) is 18.4 Å². The number of halogens is 1. The zero-order valence-corrected chi connectivity index (χ0v) is 19.1. The van der Waals surface area contributed by atoms with Crippen LogP contribution in [0.5, 0.6) is 0 Å². The molecule has 3 aromatic heterocycles. The number of amides is 1. The predicted molar refractivity (Wildman–Crippen MR) is 123 cm³/mol. The van der Waals surface area contributed by atoms with E-state index >= 15 is 0 Å². The highest BCUT2D eigenvalue weighted by molar-refractivity contribution is 14.2. The summed E-state index contributed by atoms with van der Waals surface area (Å²) in [5.74, 6) is -0.0967. The Labute approximate surface area is 183 Å². The van der Waals surface area contributed by atoms with Crippen LogP contribution in [0.2, 0.25) is 0 Å². The smallest absolute Gasteiger partial charge is 0.236 e. The van der Waals surface area contributed by atoms with Gasteiger partial charge in [-0.15, -0.1) is 0 Å². The number of carbonyl (C=O) groups is 1. The lowest BCUT2D eigenvalue weighted by Crippen LogP contribution is -2.45. The summed E-state index contributed by atoms with van der Waals surface area (Å²) < 4.78 is 2.00. The first-order chi connectivity index (χ1) is 14.1. The second-order valence-electron chi connectivity index (χ2n) is 7.11. The summed E-state index contributed by atoms with van der Waals surface area (Å²) in [6.07, 6.45) is 6.07. The van der Waals surface area contributed by atoms with Gasteiger partial charge in [0.15, 0.2) is 0 Å². The predicted octanol–water partition coefficient (Wildman–Crippen LogP) is 3.84. The van der Waals surface area contributed by atoms with E-state index in [4.69, 9.17) is 5.26 Å². The SMILES string of the molecule is Cc1cc(-c2cnc3[nH]ccc3c2N[C@@H]2CCCN(C(=O)CC#N)C2)n(PI)n1. The number of carbonyl (C=O) groups excluding carboxylic acids is 1. The molecule has 150 valence electrons. The number of nitriles is 1. The van der Waals surface area contributed by atoms with Crippen LogP contribution in [0.25, 0.3) is 22.3 Å². The zero-order valence-electron chi connectivity index (χ0n) is 15.9. The molecule has 0 bridgehead atoms. The molecule has 29 heavy (non-hydrogen) atoms. The molecule has 1 fully saturated rings. The number of nitrogens with one attached hydrogen (secondary N) is 2. The van der Waals surface area contributed by atoms with Crippen molar-refractivity contribution in [1.29, 1.82) is 5.26 Å². The Morgan fingerprint density at radius 1 is 1.55 bits per heavy atom. The molecule has 1 amide bonds. The molecule has 0 aliphatic carbocycles. The molecule has 0 aromatic carbocycles. The molecule has 0 saturated carbocycles. The van der Waals surface area contributed by atoms with E-state index in [1.54, 1.807) is 4.90 Å². The fraction of sp³-hybridized carbons (Fsp3) is 0.368. The summed E-state index contributed by atoms with van der Waals surface area (Å²) in [7, 11) is 0. The van der Waals surface area contributed by atoms with E-state index in [1.165, 1.54) is 0 Å². The average molecular weight is 521 g/mol. The molecular weight excluding hydrogens is 500 g/mol. The molecule has 0 radical (unpaired) electrons. The topological polar surface area (TPSA) is 103 Å². The number of hydrogen-bond donors (Lipinski definition) is 2. The highest BCUT2D eigenvalue weighted by Gasteiger charge is 2.25. The van der Waals surface area contributed by atoms with Crippen molar-refractivity contribution in [3.63, 3.8) is 0 Å². The molecule has 3 aromatic rings. The Bertz CT molecular complexity index is 1090. The van der Waals surface area contributed by atoms with Gasteiger partial charge in [-0.05, 0) is 53.9 Å². The number of fused-ring (bicyclic) bond motifs is 1. The monoisotopic (exact) mass is 521 g/mol. The average Bonchev–Trinajstić information content (AvgIpc) is 3.35. The Balaban J connectivity index is 1.70. The molecule has 10 heteroatoms. The van der Waals surface area contributed by atoms with Crippen LogP contribution in [0, 0.1) is 18.3 Å². The maximum absolute atomic E-state index is 12.2. The number of piperidine rings is 1. The van der Waals surface area contributed by atoms with Crippen LogP contribution in [-0.2, 0) is 4.79 Å². The van der Waals surface area contributed by atoms with Gasteiger partial charge in [0, 0.05) is 42.5 Å². The molecule has 8 nitrogen and oxygen atoms in total. The second-order valence-corrected chi connectivity index (χ2v) is 9.15. The zero-order chi connectivity index (χ0) is 20.4. The van der Waals surface area contributed by atoms with Crippen molar-refractivity contribution in [3.05, 3.63) is 30.2 Å². The Morgan fingerprint density at radius 2 is 2.41 bits per heavy atom. The van der Waals surface area contributed by atoms with Crippen molar-refractivity contribution in [3.8, 4) is 17.3 Å². The fourth-order valence-corrected chi connectivity index (χ4v) is 5.39. The quantitative estimate of drug-likeness (QED) is 0.393. The van der Waals surface area contributed by atoms with Crippen LogP contribution >= 0.6 is 28.4 Å². The number of hydrogen-bond acceptors (Lipinski definition) is 5. The lowest BCUT2D eigenvalue weighted by molar-refractivity contribution is -0.131. The van der Waals surface area contributed by atoms with Gasteiger partial charge < -0.3 is 15.2 Å². The van der Waals surface area contributed by atoms with Gasteiger partial charge in [-0.2, -0.15) is 10.4 Å². The van der Waals surface area contributed by atoms with Gasteiger partial charge in [-0.3, -0.25) is 4.79 Å². The number of likely N-dealkylation sites (tertiary alicyclic amines) is 1. The van der Waals surface area contributed by atoms with Crippen molar-refractivity contribution < 1.29 is 4.79 Å². The number of aryl methyl sites for hydroxylation is 1. The first-order valence-corrected chi connectivity index (χ1v) is 13.5. The minimum Gasteiger partial charge on any atom is -0.379 e. The maximum Gasteiger partial charge on any atom is 0.236 e. The molecule has 4 rings (SSSR count). The third-order valence-corrected chi connectivity index (χ3v) is 7.00. The minimum absolute atomic E-state index is 0.0651. The highest BCUT2D eigenvalue weighted by atomic mass is 127. The van der Waals surface area contributed by atoms with E-state index in [0.29, 0.717) is 19.5 Å². The molecule has 2 N–H and O–H groups in total. The maximum atomic E-state index is 12.2. The van der Waals surface area contributed by atoms with Gasteiger partial charge >= 0.3 is 0 Å². The van der Waals surface area contributed by atoms with Crippen LogP contribution < -0.4 is 5.32 Å². The van der Waals surface area contributed by atoms with Crippen LogP contribution in [-0.4, -0.2) is 49.5 Å². The van der Waals surface area contributed by atoms with Crippen molar-refractivity contribution >= 4 is 51.0 Å². The van der Waals surface area contributed by atoms with Gasteiger partial charge in [0.1, 0.15) is 12.1 Å². The van der Waals surface area contributed by atoms with Crippen molar-refractivity contribution in [2.75, 3.05) is 18.4 Å². The Hall–Kier alpha value is -2.18. The summed E-state index contributed by atoms with van der Waals surface area (Å²) in [6, 6.07) is 6.18. The molecule has 1 aliphatic rings. The van der Waals surface area contributed by atoms with E-state index in [9.17, 15) is 4.79 Å².